The van der Waals surface area contributed by atoms with Crippen LogP contribution in [-0.2, 0) is 4.79 Å². The first-order valence-corrected chi connectivity index (χ1v) is 5.06. The number of rotatable bonds is 3. The molecule has 0 radical (unpaired) electrons. The molecule has 4 nitrogen and oxygen atoms in total. The smallest absolute Gasteiger partial charge is 0.245 e. The zero-order valence-corrected chi connectivity index (χ0v) is 9.51. The molecule has 0 aliphatic carbocycles. The van der Waals surface area contributed by atoms with Gasteiger partial charge in [-0.25, -0.2) is 4.98 Å². The Kier molecular flexibility index (Phi) is 3.66. The van der Waals surface area contributed by atoms with E-state index in [4.69, 9.17) is 17.3 Å². The molecule has 82 valence electrons. The van der Waals surface area contributed by atoms with E-state index in [-0.39, 0.29) is 5.91 Å². The van der Waals surface area contributed by atoms with E-state index in [1.807, 2.05) is 6.92 Å². The number of aromatic nitrogens is 1. The summed E-state index contributed by atoms with van der Waals surface area (Å²) in [6.07, 6.45) is 2.10. The van der Waals surface area contributed by atoms with E-state index in [1.165, 1.54) is 0 Å². The minimum atomic E-state index is -0.902. The molecule has 0 fully saturated rings. The molecule has 1 aromatic heterocycles. The first-order valence-electron chi connectivity index (χ1n) is 4.68. The number of halogens is 1. The lowest BCUT2D eigenvalue weighted by Gasteiger charge is -2.21. The molecule has 0 spiro atoms. The van der Waals surface area contributed by atoms with Crippen molar-refractivity contribution in [2.75, 3.05) is 5.32 Å². The molecule has 0 bridgehead atoms. The van der Waals surface area contributed by atoms with Crippen molar-refractivity contribution < 1.29 is 4.79 Å². The molecule has 3 N–H and O–H groups in total. The third-order valence-corrected chi connectivity index (χ3v) is 2.55. The summed E-state index contributed by atoms with van der Waals surface area (Å²) in [6, 6.07) is 3.35. The number of hydrogen-bond donors (Lipinski definition) is 2. The Bertz CT molecular complexity index is 365. The van der Waals surface area contributed by atoms with Crippen LogP contribution in [0.3, 0.4) is 0 Å². The zero-order chi connectivity index (χ0) is 11.5. The molecule has 1 rings (SSSR count). The third-order valence-electron chi connectivity index (χ3n) is 2.24. The Morgan fingerprint density at radius 1 is 1.73 bits per heavy atom. The Balaban J connectivity index is 2.80. The van der Waals surface area contributed by atoms with Crippen LogP contribution in [0.2, 0.25) is 5.02 Å². The van der Waals surface area contributed by atoms with Crippen molar-refractivity contribution in [3.8, 4) is 0 Å². The number of hydrogen-bond acceptors (Lipinski definition) is 3. The molecule has 1 atom stereocenters. The minimum Gasteiger partial charge on any atom is -0.318 e. The Hall–Kier alpha value is -1.13. The highest BCUT2D eigenvalue weighted by molar-refractivity contribution is 6.33. The second-order valence-electron chi connectivity index (χ2n) is 3.56. The molecule has 15 heavy (non-hydrogen) atoms. The van der Waals surface area contributed by atoms with Crippen molar-refractivity contribution in [3.63, 3.8) is 0 Å². The van der Waals surface area contributed by atoms with Gasteiger partial charge in [0.25, 0.3) is 0 Å². The third kappa shape index (κ3) is 2.91. The van der Waals surface area contributed by atoms with Gasteiger partial charge in [0, 0.05) is 6.20 Å². The first-order chi connectivity index (χ1) is 6.97. The van der Waals surface area contributed by atoms with Crippen molar-refractivity contribution >= 4 is 23.3 Å². The van der Waals surface area contributed by atoms with Crippen LogP contribution in [0.5, 0.6) is 0 Å². The van der Waals surface area contributed by atoms with Gasteiger partial charge in [-0.15, -0.1) is 0 Å². The number of nitrogens with zero attached hydrogens (tertiary/aromatic N) is 1. The molecule has 0 saturated carbocycles. The van der Waals surface area contributed by atoms with Gasteiger partial charge in [0.1, 0.15) is 0 Å². The fraction of sp³-hybridized carbons (Fsp3) is 0.400. The minimum absolute atomic E-state index is 0.286. The van der Waals surface area contributed by atoms with Gasteiger partial charge in [-0.1, -0.05) is 18.5 Å². The van der Waals surface area contributed by atoms with Crippen LogP contribution < -0.4 is 11.1 Å². The van der Waals surface area contributed by atoms with Crippen LogP contribution >= 0.6 is 11.6 Å². The summed E-state index contributed by atoms with van der Waals surface area (Å²) in [7, 11) is 0. The molecule has 1 heterocycles. The maximum Gasteiger partial charge on any atom is 0.245 e. The number of carbonyl (C=O) groups excluding carboxylic acids is 1. The molecule has 1 amide bonds. The largest absolute Gasteiger partial charge is 0.318 e. The first kappa shape index (κ1) is 11.9. The van der Waals surface area contributed by atoms with Crippen LogP contribution in [0, 0.1) is 0 Å². The molecule has 1 aromatic rings. The van der Waals surface area contributed by atoms with Crippen molar-refractivity contribution in [3.05, 3.63) is 23.4 Å². The summed E-state index contributed by atoms with van der Waals surface area (Å²) in [6.45, 7) is 3.51. The topological polar surface area (TPSA) is 68.0 Å². The summed E-state index contributed by atoms with van der Waals surface area (Å²) in [5, 5.41) is 3.00. The molecule has 0 aromatic carbocycles. The van der Waals surface area contributed by atoms with E-state index in [0.717, 1.165) is 0 Å². The Morgan fingerprint density at radius 2 is 2.40 bits per heavy atom. The normalized spacial score (nSPS) is 14.4. The Labute approximate surface area is 93.8 Å². The summed E-state index contributed by atoms with van der Waals surface area (Å²) in [5.74, 6) is 0.0555. The predicted octanol–water partition coefficient (Wildman–Crippen LogP) is 1.80. The van der Waals surface area contributed by atoms with Crippen LogP contribution in [0.15, 0.2) is 18.3 Å². The second-order valence-corrected chi connectivity index (χ2v) is 3.97. The van der Waals surface area contributed by atoms with Crippen LogP contribution in [-0.4, -0.2) is 16.4 Å². The number of anilines is 1. The van der Waals surface area contributed by atoms with Gasteiger partial charge in [0.05, 0.1) is 10.6 Å². The van der Waals surface area contributed by atoms with Crippen molar-refractivity contribution in [1.82, 2.24) is 4.98 Å². The van der Waals surface area contributed by atoms with Gasteiger partial charge < -0.3 is 11.1 Å². The number of pyridine rings is 1. The molecule has 0 aliphatic heterocycles. The van der Waals surface area contributed by atoms with E-state index < -0.39 is 5.54 Å². The molecule has 5 heteroatoms. The van der Waals surface area contributed by atoms with Gasteiger partial charge in [0.15, 0.2) is 5.82 Å². The maximum absolute atomic E-state index is 11.7. The van der Waals surface area contributed by atoms with Gasteiger partial charge >= 0.3 is 0 Å². The molecule has 0 saturated heterocycles. The number of amides is 1. The van der Waals surface area contributed by atoms with Crippen LogP contribution in [0.25, 0.3) is 0 Å². The standard InChI is InChI=1S/C10H14ClN3O/c1-3-10(2,12)9(15)14-8-7(11)5-4-6-13-8/h4-6H,3,12H2,1-2H3,(H,13,14,15). The van der Waals surface area contributed by atoms with E-state index in [1.54, 1.807) is 25.3 Å². The number of carbonyl (C=O) groups is 1. The maximum atomic E-state index is 11.7. The fourth-order valence-corrected chi connectivity index (χ4v) is 1.06. The monoisotopic (exact) mass is 227 g/mol. The summed E-state index contributed by atoms with van der Waals surface area (Å²) >= 11 is 5.84. The zero-order valence-electron chi connectivity index (χ0n) is 8.75. The van der Waals surface area contributed by atoms with E-state index in [2.05, 4.69) is 10.3 Å². The quantitative estimate of drug-likeness (QED) is 0.828. The van der Waals surface area contributed by atoms with E-state index in [9.17, 15) is 4.79 Å². The average Bonchev–Trinajstić information content (AvgIpc) is 2.21. The van der Waals surface area contributed by atoms with Crippen LogP contribution in [0.4, 0.5) is 5.82 Å². The van der Waals surface area contributed by atoms with Crippen LogP contribution in [0.1, 0.15) is 20.3 Å². The lowest BCUT2D eigenvalue weighted by molar-refractivity contribution is -0.120. The highest BCUT2D eigenvalue weighted by Gasteiger charge is 2.26. The number of nitrogens with one attached hydrogen (secondary N) is 1. The average molecular weight is 228 g/mol. The lowest BCUT2D eigenvalue weighted by atomic mass is 10.00. The van der Waals surface area contributed by atoms with Gasteiger partial charge in [-0.2, -0.15) is 0 Å². The molecule has 1 unspecified atom stereocenters. The predicted molar refractivity (Wildman–Crippen MR) is 60.8 cm³/mol. The SMILES string of the molecule is CCC(C)(N)C(=O)Nc1ncccc1Cl. The van der Waals surface area contributed by atoms with Gasteiger partial charge in [-0.05, 0) is 25.5 Å². The fourth-order valence-electron chi connectivity index (χ4n) is 0.889. The van der Waals surface area contributed by atoms with Gasteiger partial charge in [-0.3, -0.25) is 4.79 Å². The molecular formula is C10H14ClN3O. The highest BCUT2D eigenvalue weighted by atomic mass is 35.5. The summed E-state index contributed by atoms with van der Waals surface area (Å²) < 4.78 is 0. The number of nitrogens with two attached hydrogens (primary N) is 1. The highest BCUT2D eigenvalue weighted by Crippen LogP contribution is 2.18. The van der Waals surface area contributed by atoms with E-state index in [0.29, 0.717) is 17.3 Å². The van der Waals surface area contributed by atoms with E-state index >= 15 is 0 Å². The molecular weight excluding hydrogens is 214 g/mol. The van der Waals surface area contributed by atoms with Crippen molar-refractivity contribution in [2.24, 2.45) is 5.73 Å². The van der Waals surface area contributed by atoms with Crippen molar-refractivity contribution in [2.45, 2.75) is 25.8 Å². The Morgan fingerprint density at radius 3 is 2.93 bits per heavy atom. The van der Waals surface area contributed by atoms with Gasteiger partial charge in [0.2, 0.25) is 5.91 Å². The molecule has 0 aliphatic rings. The van der Waals surface area contributed by atoms with Crippen molar-refractivity contribution in [1.29, 1.82) is 0 Å². The lowest BCUT2D eigenvalue weighted by Crippen LogP contribution is -2.47. The summed E-state index contributed by atoms with van der Waals surface area (Å²) in [5.41, 5.74) is 4.87. The second kappa shape index (κ2) is 4.59. The summed E-state index contributed by atoms with van der Waals surface area (Å²) in [4.78, 5) is 15.6.